The smallest absolute Gasteiger partial charge is 0.243 e. The summed E-state index contributed by atoms with van der Waals surface area (Å²) >= 11 is 1.56. The SMILES string of the molecule is O=C(CCCCCCC(=O)NCc1ccccc1-c1ccc([C@H]2O[C@@H](CSc3ncn[nH]3)C[C@@H](c3ccc(CO)cc3)O2)cc1)NO. The normalized spacial score (nSPS) is 17.7. The molecule has 0 saturated carbocycles. The molecular formula is C35H41N5O6S. The molecule has 5 rings (SSSR count). The van der Waals surface area contributed by atoms with E-state index in [0.29, 0.717) is 31.6 Å². The Balaban J connectivity index is 1.20. The Morgan fingerprint density at radius 1 is 0.894 bits per heavy atom. The van der Waals surface area contributed by atoms with Crippen LogP contribution >= 0.6 is 11.8 Å². The summed E-state index contributed by atoms with van der Waals surface area (Å²) in [6, 6.07) is 24.0. The van der Waals surface area contributed by atoms with Crippen molar-refractivity contribution >= 4 is 23.6 Å². The highest BCUT2D eigenvalue weighted by atomic mass is 32.2. The van der Waals surface area contributed by atoms with E-state index in [-0.39, 0.29) is 37.0 Å². The van der Waals surface area contributed by atoms with Gasteiger partial charge in [-0.15, -0.1) is 0 Å². The minimum Gasteiger partial charge on any atom is -0.392 e. The van der Waals surface area contributed by atoms with Gasteiger partial charge in [0, 0.05) is 37.1 Å². The van der Waals surface area contributed by atoms with Crippen molar-refractivity contribution in [2.45, 2.75) is 81.8 Å². The summed E-state index contributed by atoms with van der Waals surface area (Å²) in [5.41, 5.74) is 7.50. The maximum atomic E-state index is 12.5. The van der Waals surface area contributed by atoms with Crippen molar-refractivity contribution in [3.63, 3.8) is 0 Å². The number of hydroxylamine groups is 1. The van der Waals surface area contributed by atoms with Gasteiger partial charge in [-0.3, -0.25) is 19.9 Å². The summed E-state index contributed by atoms with van der Waals surface area (Å²) in [5, 5.41) is 28.6. The topological polar surface area (TPSA) is 159 Å². The summed E-state index contributed by atoms with van der Waals surface area (Å²) in [6.45, 7) is 0.413. The molecule has 2 amide bonds. The Hall–Kier alpha value is -4.07. The van der Waals surface area contributed by atoms with Gasteiger partial charge in [0.05, 0.1) is 18.8 Å². The van der Waals surface area contributed by atoms with Crippen LogP contribution in [0.4, 0.5) is 0 Å². The van der Waals surface area contributed by atoms with E-state index >= 15 is 0 Å². The molecule has 5 N–H and O–H groups in total. The molecule has 11 nitrogen and oxygen atoms in total. The van der Waals surface area contributed by atoms with E-state index in [9.17, 15) is 14.7 Å². The van der Waals surface area contributed by atoms with Crippen molar-refractivity contribution in [2.24, 2.45) is 0 Å². The number of hydrogen-bond acceptors (Lipinski definition) is 9. The van der Waals surface area contributed by atoms with Crippen molar-refractivity contribution in [3.8, 4) is 11.1 Å². The first-order chi connectivity index (χ1) is 23.0. The van der Waals surface area contributed by atoms with Crippen molar-refractivity contribution in [3.05, 3.63) is 101 Å². The predicted octanol–water partition coefficient (Wildman–Crippen LogP) is 5.76. The second kappa shape index (κ2) is 17.7. The fourth-order valence-electron chi connectivity index (χ4n) is 5.50. The molecule has 1 saturated heterocycles. The van der Waals surface area contributed by atoms with Crippen molar-refractivity contribution in [1.82, 2.24) is 26.0 Å². The van der Waals surface area contributed by atoms with Crippen molar-refractivity contribution in [1.29, 1.82) is 0 Å². The number of benzene rings is 3. The van der Waals surface area contributed by atoms with Crippen LogP contribution in [0.15, 0.2) is 84.3 Å². The standard InChI is InChI=1S/C35H41N5O6S/c41-21-24-11-13-26(14-12-24)31-19-29(22-47-35-37-23-38-39-35)45-34(46-31)27-17-15-25(16-18-27)30-8-6-5-7-28(30)20-36-32(42)9-3-1-2-4-10-33(43)40-44/h5-8,11-18,23,29,31,34,41,44H,1-4,9-10,19-22H2,(H,36,42)(H,40,43)(H,37,38,39)/t29-,31+,34+/m1/s1. The molecule has 4 aromatic rings. The molecule has 0 aliphatic carbocycles. The quantitative estimate of drug-likeness (QED) is 0.0436. The maximum Gasteiger partial charge on any atom is 0.243 e. The van der Waals surface area contributed by atoms with Gasteiger partial charge in [-0.25, -0.2) is 10.5 Å². The fraction of sp³-hybridized carbons (Fsp3) is 0.371. The van der Waals surface area contributed by atoms with Crippen LogP contribution in [0.2, 0.25) is 0 Å². The highest BCUT2D eigenvalue weighted by molar-refractivity contribution is 7.99. The first-order valence-corrected chi connectivity index (χ1v) is 16.9. The third-order valence-electron chi connectivity index (χ3n) is 8.08. The zero-order valence-corrected chi connectivity index (χ0v) is 27.0. The third kappa shape index (κ3) is 10.2. The lowest BCUT2D eigenvalue weighted by Crippen LogP contribution is -2.31. The Labute approximate surface area is 278 Å². The zero-order valence-electron chi connectivity index (χ0n) is 26.1. The molecule has 2 heterocycles. The van der Waals surface area contributed by atoms with Crippen LogP contribution < -0.4 is 10.8 Å². The van der Waals surface area contributed by atoms with Gasteiger partial charge in [-0.1, -0.05) is 97.4 Å². The van der Waals surface area contributed by atoms with Gasteiger partial charge in [0.1, 0.15) is 6.33 Å². The molecule has 3 atom stereocenters. The fourth-order valence-corrected chi connectivity index (χ4v) is 6.29. The molecule has 0 radical (unpaired) electrons. The van der Waals surface area contributed by atoms with E-state index in [1.54, 1.807) is 17.2 Å². The Morgan fingerprint density at radius 3 is 2.32 bits per heavy atom. The van der Waals surface area contributed by atoms with Crippen LogP contribution in [0, 0.1) is 0 Å². The molecule has 0 bridgehead atoms. The van der Waals surface area contributed by atoms with E-state index in [1.807, 2.05) is 54.6 Å². The lowest BCUT2D eigenvalue weighted by atomic mass is 9.97. The molecule has 0 spiro atoms. The summed E-state index contributed by atoms with van der Waals surface area (Å²) in [4.78, 5) is 27.8. The molecule has 1 fully saturated rings. The van der Waals surface area contributed by atoms with Gasteiger partial charge in [0.15, 0.2) is 11.4 Å². The number of ether oxygens (including phenoxy) is 2. The summed E-state index contributed by atoms with van der Waals surface area (Å²) in [5.74, 6) is 0.289. The van der Waals surface area contributed by atoms with Gasteiger partial charge < -0.3 is 19.9 Å². The average Bonchev–Trinajstić information content (AvgIpc) is 3.65. The number of hydrogen-bond donors (Lipinski definition) is 5. The lowest BCUT2D eigenvalue weighted by molar-refractivity contribution is -0.245. The third-order valence-corrected chi connectivity index (χ3v) is 9.09. The van der Waals surface area contributed by atoms with E-state index in [2.05, 4.69) is 38.7 Å². The Morgan fingerprint density at radius 2 is 1.62 bits per heavy atom. The van der Waals surface area contributed by atoms with E-state index in [0.717, 1.165) is 57.8 Å². The number of aromatic nitrogens is 3. The van der Waals surface area contributed by atoms with Gasteiger partial charge in [0.25, 0.3) is 0 Å². The number of carbonyl (C=O) groups is 2. The van der Waals surface area contributed by atoms with E-state index in [1.165, 1.54) is 6.33 Å². The molecule has 1 aromatic heterocycles. The van der Waals surface area contributed by atoms with Crippen molar-refractivity contribution in [2.75, 3.05) is 5.75 Å². The molecule has 248 valence electrons. The Bertz CT molecular complexity index is 1550. The molecule has 12 heteroatoms. The number of carbonyl (C=O) groups excluding carboxylic acids is 2. The van der Waals surface area contributed by atoms with Gasteiger partial charge in [0.2, 0.25) is 11.8 Å². The van der Waals surface area contributed by atoms with Crippen LogP contribution in [0.25, 0.3) is 11.1 Å². The largest absolute Gasteiger partial charge is 0.392 e. The summed E-state index contributed by atoms with van der Waals surface area (Å²) < 4.78 is 12.9. The number of nitrogens with one attached hydrogen (secondary N) is 3. The van der Waals surface area contributed by atoms with Crippen LogP contribution in [0.5, 0.6) is 0 Å². The Kier molecular flexibility index (Phi) is 12.9. The highest BCUT2D eigenvalue weighted by Crippen LogP contribution is 2.39. The predicted molar refractivity (Wildman–Crippen MR) is 177 cm³/mol. The van der Waals surface area contributed by atoms with Crippen LogP contribution in [-0.2, 0) is 32.2 Å². The first kappa shape index (κ1) is 34.3. The van der Waals surface area contributed by atoms with E-state index < -0.39 is 6.29 Å². The number of aliphatic hydroxyl groups is 1. The number of thioether (sulfide) groups is 1. The summed E-state index contributed by atoms with van der Waals surface area (Å²) in [6.07, 6.45) is 5.14. The van der Waals surface area contributed by atoms with Gasteiger partial charge in [-0.2, -0.15) is 5.10 Å². The molecular weight excluding hydrogens is 618 g/mol. The molecule has 0 unspecified atom stereocenters. The monoisotopic (exact) mass is 659 g/mol. The van der Waals surface area contributed by atoms with Crippen LogP contribution in [-0.4, -0.2) is 49.2 Å². The molecule has 47 heavy (non-hydrogen) atoms. The summed E-state index contributed by atoms with van der Waals surface area (Å²) in [7, 11) is 0. The number of rotatable bonds is 16. The average molecular weight is 660 g/mol. The van der Waals surface area contributed by atoms with Gasteiger partial charge in [-0.05, 0) is 40.7 Å². The second-order valence-electron chi connectivity index (χ2n) is 11.5. The van der Waals surface area contributed by atoms with Crippen LogP contribution in [0.3, 0.4) is 0 Å². The van der Waals surface area contributed by atoms with Crippen LogP contribution in [0.1, 0.15) is 79.6 Å². The van der Waals surface area contributed by atoms with E-state index in [4.69, 9.17) is 14.7 Å². The highest BCUT2D eigenvalue weighted by Gasteiger charge is 2.32. The number of aromatic amines is 1. The number of aliphatic hydroxyl groups excluding tert-OH is 1. The lowest BCUT2D eigenvalue weighted by Gasteiger charge is -2.36. The second-order valence-corrected chi connectivity index (χ2v) is 12.5. The number of nitrogens with zero attached hydrogens (tertiary/aromatic N) is 2. The number of unbranched alkanes of at least 4 members (excludes halogenated alkanes) is 3. The molecule has 3 aromatic carbocycles. The number of amides is 2. The zero-order chi connectivity index (χ0) is 32.8. The minimum absolute atomic E-state index is 0.00759. The first-order valence-electron chi connectivity index (χ1n) is 15.9. The van der Waals surface area contributed by atoms with Crippen molar-refractivity contribution < 1.29 is 29.4 Å². The minimum atomic E-state index is -0.568. The molecule has 1 aliphatic heterocycles. The maximum absolute atomic E-state index is 12.5. The van der Waals surface area contributed by atoms with Gasteiger partial charge >= 0.3 is 0 Å². The number of H-pyrrole nitrogens is 1. The molecule has 1 aliphatic rings.